The van der Waals surface area contributed by atoms with Crippen LogP contribution in [0.5, 0.6) is 0 Å². The smallest absolute Gasteiger partial charge is 0.143 e. The van der Waals surface area contributed by atoms with E-state index in [1.165, 1.54) is 54.1 Å². The highest BCUT2D eigenvalue weighted by Gasteiger charge is 2.22. The first-order chi connectivity index (χ1) is 28.3. The molecule has 0 amide bonds. The van der Waals surface area contributed by atoms with E-state index in [4.69, 9.17) is 4.42 Å². The molecule has 3 nitrogen and oxygen atoms in total. The maximum absolute atomic E-state index is 6.95. The van der Waals surface area contributed by atoms with Gasteiger partial charge in [0, 0.05) is 49.9 Å². The van der Waals surface area contributed by atoms with Gasteiger partial charge in [0.2, 0.25) is 0 Å². The molecule has 12 rings (SSSR count). The predicted molar refractivity (Wildman–Crippen MR) is 241 cm³/mol. The van der Waals surface area contributed by atoms with Gasteiger partial charge in [0.1, 0.15) is 11.2 Å². The second-order valence-corrected chi connectivity index (χ2v) is 14.9. The topological polar surface area (TPSA) is 21.3 Å². The summed E-state index contributed by atoms with van der Waals surface area (Å²) in [4.78, 5) is 2.40. The maximum Gasteiger partial charge on any atom is 0.143 e. The molecule has 0 aliphatic carbocycles. The van der Waals surface area contributed by atoms with E-state index in [1.54, 1.807) is 0 Å². The Morgan fingerprint density at radius 3 is 1.81 bits per heavy atom. The normalized spacial score (nSPS) is 11.9. The van der Waals surface area contributed by atoms with Crippen LogP contribution < -0.4 is 4.90 Å². The lowest BCUT2D eigenvalue weighted by Gasteiger charge is -2.27. The highest BCUT2D eigenvalue weighted by atomic mass is 16.3. The van der Waals surface area contributed by atoms with Crippen LogP contribution in [0.25, 0.3) is 92.9 Å². The van der Waals surface area contributed by atoms with Crippen LogP contribution in [0.15, 0.2) is 211 Å². The lowest BCUT2D eigenvalue weighted by Crippen LogP contribution is -2.10. The molecular weight excluding hydrogens is 693 g/mol. The van der Waals surface area contributed by atoms with Gasteiger partial charge in [-0.1, -0.05) is 133 Å². The average molecular weight is 727 g/mol. The van der Waals surface area contributed by atoms with Crippen molar-refractivity contribution in [1.29, 1.82) is 0 Å². The summed E-state index contributed by atoms with van der Waals surface area (Å²) >= 11 is 0. The monoisotopic (exact) mass is 726 g/mol. The first-order valence-electron chi connectivity index (χ1n) is 19.5. The van der Waals surface area contributed by atoms with Gasteiger partial charge in [0.15, 0.2) is 0 Å². The zero-order valence-electron chi connectivity index (χ0n) is 30.9. The van der Waals surface area contributed by atoms with Crippen molar-refractivity contribution in [1.82, 2.24) is 4.57 Å². The number of rotatable bonds is 5. The zero-order valence-corrected chi connectivity index (χ0v) is 30.9. The molecule has 0 aliphatic rings. The van der Waals surface area contributed by atoms with E-state index < -0.39 is 0 Å². The summed E-state index contributed by atoms with van der Waals surface area (Å²) in [6.07, 6.45) is 0. The third kappa shape index (κ3) is 4.92. The summed E-state index contributed by atoms with van der Waals surface area (Å²) in [5.41, 5.74) is 10.7. The molecule has 0 spiro atoms. The van der Waals surface area contributed by atoms with Gasteiger partial charge in [-0.05, 0) is 111 Å². The molecule has 0 aliphatic heterocycles. The Hall–Kier alpha value is -7.62. The third-order valence-electron chi connectivity index (χ3n) is 11.7. The number of furan rings is 1. The van der Waals surface area contributed by atoms with Crippen molar-refractivity contribution >= 4 is 93.1 Å². The number of anilines is 3. The second-order valence-electron chi connectivity index (χ2n) is 14.9. The molecule has 0 unspecified atom stereocenters. The minimum absolute atomic E-state index is 0.882. The predicted octanol–water partition coefficient (Wildman–Crippen LogP) is 15.3. The van der Waals surface area contributed by atoms with E-state index in [-0.39, 0.29) is 0 Å². The molecule has 266 valence electrons. The maximum atomic E-state index is 6.95. The Labute approximate surface area is 328 Å². The number of hydrogen-bond donors (Lipinski definition) is 0. The van der Waals surface area contributed by atoms with E-state index in [0.717, 1.165) is 55.8 Å². The van der Waals surface area contributed by atoms with Crippen LogP contribution in [0.3, 0.4) is 0 Å². The summed E-state index contributed by atoms with van der Waals surface area (Å²) in [5.74, 6) is 0. The van der Waals surface area contributed by atoms with Gasteiger partial charge in [0.05, 0.1) is 11.0 Å². The molecule has 10 aromatic carbocycles. The van der Waals surface area contributed by atoms with Gasteiger partial charge in [0.25, 0.3) is 0 Å². The van der Waals surface area contributed by atoms with Crippen molar-refractivity contribution in [3.05, 3.63) is 206 Å². The molecule has 0 radical (unpaired) electrons. The zero-order chi connectivity index (χ0) is 37.5. The van der Waals surface area contributed by atoms with Gasteiger partial charge in [-0.25, -0.2) is 0 Å². The highest BCUT2D eigenvalue weighted by molar-refractivity contribution is 6.22. The molecule has 2 heterocycles. The Morgan fingerprint density at radius 2 is 0.982 bits per heavy atom. The van der Waals surface area contributed by atoms with Crippen LogP contribution in [0, 0.1) is 0 Å². The van der Waals surface area contributed by atoms with Crippen molar-refractivity contribution < 1.29 is 4.42 Å². The highest BCUT2D eigenvalue weighted by Crippen LogP contribution is 2.46. The third-order valence-corrected chi connectivity index (χ3v) is 11.7. The van der Waals surface area contributed by atoms with E-state index in [2.05, 4.69) is 216 Å². The lowest BCUT2D eigenvalue weighted by molar-refractivity contribution is 0.670. The van der Waals surface area contributed by atoms with Crippen LogP contribution in [0.1, 0.15) is 0 Å². The Morgan fingerprint density at radius 1 is 0.368 bits per heavy atom. The quantitative estimate of drug-likeness (QED) is 0.165. The fourth-order valence-corrected chi connectivity index (χ4v) is 9.13. The molecule has 0 saturated carbocycles. The summed E-state index contributed by atoms with van der Waals surface area (Å²) in [5, 5.41) is 11.9. The van der Waals surface area contributed by atoms with Crippen molar-refractivity contribution in [3.8, 4) is 16.8 Å². The van der Waals surface area contributed by atoms with Crippen molar-refractivity contribution in [2.45, 2.75) is 0 Å². The average Bonchev–Trinajstić information content (AvgIpc) is 3.83. The van der Waals surface area contributed by atoms with Crippen LogP contribution in [0.4, 0.5) is 17.1 Å². The second kappa shape index (κ2) is 12.5. The van der Waals surface area contributed by atoms with Crippen molar-refractivity contribution in [3.63, 3.8) is 0 Å². The van der Waals surface area contributed by atoms with Gasteiger partial charge in [-0.2, -0.15) is 0 Å². The minimum Gasteiger partial charge on any atom is -0.455 e. The Kier molecular flexibility index (Phi) is 6.93. The standard InChI is InChI=1S/C54H34N2O/c1-3-15-39(16-4-1)55(41-28-25-37-24-23-35-13-7-9-19-43(35)46(37)32-41)42-33-47(54-49(34-42)53-44-20-10-8-14-36(44)27-30-52(53)57-54)38-26-29-51-48(31-38)45-21-11-12-22-50(45)56(51)40-17-5-2-6-18-40/h1-34H. The van der Waals surface area contributed by atoms with Crippen LogP contribution in [-0.2, 0) is 0 Å². The number of benzene rings is 10. The van der Waals surface area contributed by atoms with Crippen LogP contribution in [0.2, 0.25) is 0 Å². The van der Waals surface area contributed by atoms with E-state index in [1.807, 2.05) is 0 Å². The first kappa shape index (κ1) is 31.7. The lowest BCUT2D eigenvalue weighted by atomic mass is 9.97. The molecule has 3 heteroatoms. The minimum atomic E-state index is 0.882. The van der Waals surface area contributed by atoms with Crippen molar-refractivity contribution in [2.24, 2.45) is 0 Å². The molecule has 57 heavy (non-hydrogen) atoms. The summed E-state index contributed by atoms with van der Waals surface area (Å²) in [6, 6.07) is 74.5. The summed E-state index contributed by atoms with van der Waals surface area (Å²) in [7, 11) is 0. The fraction of sp³-hybridized carbons (Fsp3) is 0. The Bertz CT molecular complexity index is 3520. The summed E-state index contributed by atoms with van der Waals surface area (Å²) < 4.78 is 9.32. The number of hydrogen-bond acceptors (Lipinski definition) is 2. The number of aromatic nitrogens is 1. The van der Waals surface area contributed by atoms with Crippen LogP contribution in [-0.4, -0.2) is 4.57 Å². The number of para-hydroxylation sites is 3. The molecule has 0 fully saturated rings. The SMILES string of the molecule is c1ccc(N(c2ccc3ccc4ccccc4c3c2)c2cc(-c3ccc4c(c3)c3ccccc3n4-c3ccccc3)c3oc4ccc5ccccc5c4c3c2)cc1. The first-order valence-corrected chi connectivity index (χ1v) is 19.5. The van der Waals surface area contributed by atoms with Crippen molar-refractivity contribution in [2.75, 3.05) is 4.90 Å². The van der Waals surface area contributed by atoms with Gasteiger partial charge in [-0.3, -0.25) is 0 Å². The van der Waals surface area contributed by atoms with E-state index >= 15 is 0 Å². The molecule has 2 aromatic heterocycles. The number of nitrogens with zero attached hydrogens (tertiary/aromatic N) is 2. The molecular formula is C54H34N2O. The Balaban J connectivity index is 1.17. The van der Waals surface area contributed by atoms with E-state index in [9.17, 15) is 0 Å². The molecule has 0 bridgehead atoms. The van der Waals surface area contributed by atoms with E-state index in [0.29, 0.717) is 0 Å². The number of fused-ring (bicyclic) bond motifs is 11. The van der Waals surface area contributed by atoms with Gasteiger partial charge in [-0.15, -0.1) is 0 Å². The molecule has 12 aromatic rings. The van der Waals surface area contributed by atoms with Gasteiger partial charge < -0.3 is 13.9 Å². The summed E-state index contributed by atoms with van der Waals surface area (Å²) in [6.45, 7) is 0. The fourth-order valence-electron chi connectivity index (χ4n) is 9.13. The molecule has 0 atom stereocenters. The molecule has 0 saturated heterocycles. The van der Waals surface area contributed by atoms with Crippen LogP contribution >= 0.6 is 0 Å². The van der Waals surface area contributed by atoms with Gasteiger partial charge >= 0.3 is 0 Å². The molecule has 0 N–H and O–H groups in total. The largest absolute Gasteiger partial charge is 0.455 e.